The van der Waals surface area contributed by atoms with Crippen LogP contribution >= 0.6 is 0 Å². The van der Waals surface area contributed by atoms with Gasteiger partial charge in [-0.2, -0.15) is 0 Å². The van der Waals surface area contributed by atoms with Gasteiger partial charge in [-0.15, -0.1) is 0 Å². The highest BCUT2D eigenvalue weighted by Gasteiger charge is 2.09. The fourth-order valence-electron chi connectivity index (χ4n) is 1.11. The van der Waals surface area contributed by atoms with Crippen molar-refractivity contribution in [2.75, 3.05) is 7.11 Å². The largest absolute Gasteiger partial charge is 0.481 e. The van der Waals surface area contributed by atoms with Gasteiger partial charge >= 0.3 is 5.97 Å². The number of aromatic nitrogens is 1. The van der Waals surface area contributed by atoms with Gasteiger partial charge in [0.2, 0.25) is 5.88 Å². The summed E-state index contributed by atoms with van der Waals surface area (Å²) in [6.45, 7) is 1.40. The minimum atomic E-state index is -0.995. The van der Waals surface area contributed by atoms with Gasteiger partial charge in [-0.3, -0.25) is 9.59 Å². The van der Waals surface area contributed by atoms with E-state index in [0.717, 1.165) is 0 Å². The quantitative estimate of drug-likeness (QED) is 0.746. The molecule has 1 rings (SSSR count). The van der Waals surface area contributed by atoms with Crippen molar-refractivity contribution in [1.29, 1.82) is 0 Å². The van der Waals surface area contributed by atoms with E-state index in [4.69, 9.17) is 9.84 Å². The standard InChI is InChI=1S/C10H11NO4/c1-6(12)7-3-8(5-10(13)14)11-9(4-7)15-2/h3-4H,5H2,1-2H3,(H,13,14). The molecule has 0 aliphatic rings. The molecule has 0 radical (unpaired) electrons. The number of nitrogens with zero attached hydrogens (tertiary/aromatic N) is 1. The number of carboxylic acids is 1. The Morgan fingerprint density at radius 3 is 2.60 bits per heavy atom. The summed E-state index contributed by atoms with van der Waals surface area (Å²) >= 11 is 0. The van der Waals surface area contributed by atoms with Crippen LogP contribution in [0.4, 0.5) is 0 Å². The van der Waals surface area contributed by atoms with Crippen molar-refractivity contribution >= 4 is 11.8 Å². The van der Waals surface area contributed by atoms with Crippen molar-refractivity contribution in [1.82, 2.24) is 4.98 Å². The molecular weight excluding hydrogens is 198 g/mol. The minimum absolute atomic E-state index is 0.151. The summed E-state index contributed by atoms with van der Waals surface area (Å²) in [6.07, 6.45) is -0.225. The van der Waals surface area contributed by atoms with Gasteiger partial charge in [-0.05, 0) is 13.0 Å². The fraction of sp³-hybridized carbons (Fsp3) is 0.300. The van der Waals surface area contributed by atoms with Crippen LogP contribution in [0.15, 0.2) is 12.1 Å². The maximum atomic E-state index is 11.1. The van der Waals surface area contributed by atoms with Gasteiger partial charge in [-0.1, -0.05) is 0 Å². The zero-order valence-electron chi connectivity index (χ0n) is 8.48. The second kappa shape index (κ2) is 4.54. The monoisotopic (exact) mass is 209 g/mol. The third-order valence-electron chi connectivity index (χ3n) is 1.80. The van der Waals surface area contributed by atoms with E-state index < -0.39 is 5.97 Å². The van der Waals surface area contributed by atoms with Gasteiger partial charge in [0.1, 0.15) is 0 Å². The predicted octanol–water partition coefficient (Wildman–Crippen LogP) is 0.920. The fourth-order valence-corrected chi connectivity index (χ4v) is 1.11. The molecule has 15 heavy (non-hydrogen) atoms. The number of carbonyl (C=O) groups is 2. The lowest BCUT2D eigenvalue weighted by Gasteiger charge is -2.04. The molecular formula is C10H11NO4. The number of carboxylic acid groups (broad SMARTS) is 1. The van der Waals surface area contributed by atoms with Gasteiger partial charge in [0.25, 0.3) is 0 Å². The molecule has 0 bridgehead atoms. The van der Waals surface area contributed by atoms with Crippen LogP contribution in [0.1, 0.15) is 23.0 Å². The summed E-state index contributed by atoms with van der Waals surface area (Å²) in [4.78, 5) is 25.5. The third-order valence-corrected chi connectivity index (χ3v) is 1.80. The molecule has 0 spiro atoms. The van der Waals surface area contributed by atoms with Gasteiger partial charge in [0, 0.05) is 11.6 Å². The van der Waals surface area contributed by atoms with Crippen LogP contribution in [-0.2, 0) is 11.2 Å². The van der Waals surface area contributed by atoms with Crippen LogP contribution in [0.5, 0.6) is 5.88 Å². The average Bonchev–Trinajstić information content (AvgIpc) is 2.16. The number of pyridine rings is 1. The highest BCUT2D eigenvalue weighted by Crippen LogP contribution is 2.13. The van der Waals surface area contributed by atoms with E-state index in [1.807, 2.05) is 0 Å². The normalized spacial score (nSPS) is 9.73. The molecule has 0 saturated heterocycles. The molecule has 0 aromatic carbocycles. The number of rotatable bonds is 4. The van der Waals surface area contributed by atoms with Gasteiger partial charge in [-0.25, -0.2) is 4.98 Å². The van der Waals surface area contributed by atoms with Crippen molar-refractivity contribution in [3.8, 4) is 5.88 Å². The predicted molar refractivity (Wildman–Crippen MR) is 52.1 cm³/mol. The Balaban J connectivity index is 3.11. The topological polar surface area (TPSA) is 76.5 Å². The number of ether oxygens (including phenoxy) is 1. The smallest absolute Gasteiger partial charge is 0.309 e. The molecule has 5 nitrogen and oxygen atoms in total. The number of Topliss-reactive ketones (excluding diaryl/α,β-unsaturated/α-hetero) is 1. The molecule has 5 heteroatoms. The highest BCUT2D eigenvalue weighted by molar-refractivity contribution is 5.94. The second-order valence-electron chi connectivity index (χ2n) is 3.02. The van der Waals surface area contributed by atoms with Gasteiger partial charge in [0.15, 0.2) is 5.78 Å². The number of aliphatic carboxylic acids is 1. The van der Waals surface area contributed by atoms with E-state index in [1.54, 1.807) is 0 Å². The number of methoxy groups -OCH3 is 1. The molecule has 0 aliphatic heterocycles. The van der Waals surface area contributed by atoms with Crippen molar-refractivity contribution in [2.45, 2.75) is 13.3 Å². The van der Waals surface area contributed by atoms with E-state index >= 15 is 0 Å². The van der Waals surface area contributed by atoms with E-state index in [0.29, 0.717) is 11.3 Å². The van der Waals surface area contributed by atoms with Crippen LogP contribution in [-0.4, -0.2) is 29.0 Å². The Morgan fingerprint density at radius 1 is 1.47 bits per heavy atom. The molecule has 0 unspecified atom stereocenters. The third kappa shape index (κ3) is 3.05. The van der Waals surface area contributed by atoms with Crippen LogP contribution in [0, 0.1) is 0 Å². The van der Waals surface area contributed by atoms with E-state index in [2.05, 4.69) is 4.98 Å². The molecule has 0 amide bonds. The Morgan fingerprint density at radius 2 is 2.13 bits per heavy atom. The first-order chi connectivity index (χ1) is 7.02. The zero-order chi connectivity index (χ0) is 11.4. The summed E-state index contributed by atoms with van der Waals surface area (Å²) < 4.78 is 4.87. The number of ketones is 1. The molecule has 1 aromatic heterocycles. The van der Waals surface area contributed by atoms with Crippen LogP contribution in [0.2, 0.25) is 0 Å². The molecule has 0 aliphatic carbocycles. The molecule has 80 valence electrons. The first-order valence-corrected chi connectivity index (χ1v) is 4.30. The molecule has 0 fully saturated rings. The Kier molecular flexibility index (Phi) is 3.38. The lowest BCUT2D eigenvalue weighted by molar-refractivity contribution is -0.136. The Labute approximate surface area is 86.7 Å². The van der Waals surface area contributed by atoms with Crippen molar-refractivity contribution in [2.24, 2.45) is 0 Å². The summed E-state index contributed by atoms with van der Waals surface area (Å²) in [5.74, 6) is -0.897. The Hall–Kier alpha value is -1.91. The average molecular weight is 209 g/mol. The van der Waals surface area contributed by atoms with Gasteiger partial charge in [0.05, 0.1) is 19.2 Å². The van der Waals surface area contributed by atoms with E-state index in [-0.39, 0.29) is 18.1 Å². The SMILES string of the molecule is COc1cc(C(C)=O)cc(CC(=O)O)n1. The zero-order valence-corrected chi connectivity index (χ0v) is 8.48. The minimum Gasteiger partial charge on any atom is -0.481 e. The van der Waals surface area contributed by atoms with Crippen molar-refractivity contribution in [3.63, 3.8) is 0 Å². The Bertz CT molecular complexity index is 400. The summed E-state index contributed by atoms with van der Waals surface area (Å²) in [6, 6.07) is 2.94. The van der Waals surface area contributed by atoms with E-state index in [9.17, 15) is 9.59 Å². The van der Waals surface area contributed by atoms with Gasteiger partial charge < -0.3 is 9.84 Å². The van der Waals surface area contributed by atoms with Crippen LogP contribution < -0.4 is 4.74 Å². The van der Waals surface area contributed by atoms with Crippen molar-refractivity contribution < 1.29 is 19.4 Å². The van der Waals surface area contributed by atoms with E-state index in [1.165, 1.54) is 26.2 Å². The first kappa shape index (κ1) is 11.2. The lowest BCUT2D eigenvalue weighted by atomic mass is 10.1. The molecule has 1 heterocycles. The highest BCUT2D eigenvalue weighted by atomic mass is 16.5. The summed E-state index contributed by atoms with van der Waals surface area (Å²) in [5, 5.41) is 8.59. The van der Waals surface area contributed by atoms with Crippen LogP contribution in [0.25, 0.3) is 0 Å². The number of hydrogen-bond donors (Lipinski definition) is 1. The maximum absolute atomic E-state index is 11.1. The number of hydrogen-bond acceptors (Lipinski definition) is 4. The number of carbonyl (C=O) groups excluding carboxylic acids is 1. The molecule has 1 aromatic rings. The lowest BCUT2D eigenvalue weighted by Crippen LogP contribution is -2.05. The van der Waals surface area contributed by atoms with Crippen LogP contribution in [0.3, 0.4) is 0 Å². The molecule has 0 atom stereocenters. The summed E-state index contributed by atoms with van der Waals surface area (Å²) in [7, 11) is 1.41. The summed E-state index contributed by atoms with van der Waals surface area (Å²) in [5.41, 5.74) is 0.713. The second-order valence-corrected chi connectivity index (χ2v) is 3.02. The molecule has 0 saturated carbocycles. The van der Waals surface area contributed by atoms with Crippen molar-refractivity contribution in [3.05, 3.63) is 23.4 Å². The maximum Gasteiger partial charge on any atom is 0.309 e. The first-order valence-electron chi connectivity index (χ1n) is 4.30. The molecule has 1 N–H and O–H groups in total.